The second-order valence-electron chi connectivity index (χ2n) is 3.59. The summed E-state index contributed by atoms with van der Waals surface area (Å²) in [4.78, 5) is 8.49. The van der Waals surface area contributed by atoms with E-state index in [-0.39, 0.29) is 0 Å². The predicted molar refractivity (Wildman–Crippen MR) is 70.0 cm³/mol. The van der Waals surface area contributed by atoms with E-state index in [1.54, 1.807) is 7.05 Å². The Hall–Kier alpha value is -1.64. The largest absolute Gasteiger partial charge is 0.350 e. The van der Waals surface area contributed by atoms with Crippen LogP contribution in [0.2, 0.25) is 0 Å². The highest BCUT2D eigenvalue weighted by atomic mass is 15.1. The Morgan fingerprint density at radius 3 is 2.50 bits per heavy atom. The zero-order valence-electron chi connectivity index (χ0n) is 10.2. The second-order valence-corrected chi connectivity index (χ2v) is 3.59. The van der Waals surface area contributed by atoms with Gasteiger partial charge in [-0.25, -0.2) is 4.99 Å². The van der Waals surface area contributed by atoms with Crippen LogP contribution in [0.4, 0.5) is 0 Å². The topological polar surface area (TPSA) is 36.8 Å². The number of guanidine groups is 1. The SMILES string of the molecule is CC/C(C)=N\C(=NC)NCc1ccccc1. The fourth-order valence-corrected chi connectivity index (χ4v) is 1.21. The smallest absolute Gasteiger partial charge is 0.217 e. The molecule has 1 N–H and O–H groups in total. The lowest BCUT2D eigenvalue weighted by atomic mass is 10.2. The molecule has 0 aliphatic carbocycles. The molecule has 0 aliphatic heterocycles. The zero-order valence-corrected chi connectivity index (χ0v) is 10.2. The molecule has 0 amide bonds. The Kier molecular flexibility index (Phi) is 5.26. The summed E-state index contributed by atoms with van der Waals surface area (Å²) in [6, 6.07) is 10.2. The van der Waals surface area contributed by atoms with Crippen LogP contribution in [0.1, 0.15) is 25.8 Å². The van der Waals surface area contributed by atoms with Gasteiger partial charge >= 0.3 is 0 Å². The number of hydrogen-bond donors (Lipinski definition) is 1. The van der Waals surface area contributed by atoms with E-state index in [0.717, 1.165) is 18.7 Å². The van der Waals surface area contributed by atoms with Crippen molar-refractivity contribution in [3.05, 3.63) is 35.9 Å². The molecule has 1 rings (SSSR count). The van der Waals surface area contributed by atoms with Crippen molar-refractivity contribution in [2.75, 3.05) is 7.05 Å². The summed E-state index contributed by atoms with van der Waals surface area (Å²) >= 11 is 0. The Morgan fingerprint density at radius 1 is 1.25 bits per heavy atom. The van der Waals surface area contributed by atoms with Crippen molar-refractivity contribution in [3.63, 3.8) is 0 Å². The third kappa shape index (κ3) is 4.26. The number of benzene rings is 1. The van der Waals surface area contributed by atoms with Crippen LogP contribution in [0.3, 0.4) is 0 Å². The minimum Gasteiger partial charge on any atom is -0.350 e. The molecule has 0 aromatic heterocycles. The minimum atomic E-state index is 0.697. The molecule has 0 unspecified atom stereocenters. The van der Waals surface area contributed by atoms with Gasteiger partial charge in [0.15, 0.2) is 0 Å². The first-order valence-corrected chi connectivity index (χ1v) is 5.55. The van der Waals surface area contributed by atoms with E-state index in [9.17, 15) is 0 Å². The standard InChI is InChI=1S/C13H19N3/c1-4-11(2)16-13(14-3)15-10-12-8-6-5-7-9-12/h5-9H,4,10H2,1-3H3,(H,14,15)/b16-11-. The van der Waals surface area contributed by atoms with Crippen molar-refractivity contribution in [2.24, 2.45) is 9.98 Å². The first-order valence-electron chi connectivity index (χ1n) is 5.55. The summed E-state index contributed by atoms with van der Waals surface area (Å²) in [5, 5.41) is 3.21. The van der Waals surface area contributed by atoms with Crippen molar-refractivity contribution in [3.8, 4) is 0 Å². The maximum Gasteiger partial charge on any atom is 0.217 e. The van der Waals surface area contributed by atoms with E-state index in [2.05, 4.69) is 34.4 Å². The molecule has 0 saturated heterocycles. The third-order valence-corrected chi connectivity index (χ3v) is 2.31. The lowest BCUT2D eigenvalue weighted by Crippen LogP contribution is -2.22. The van der Waals surface area contributed by atoms with Crippen molar-refractivity contribution in [2.45, 2.75) is 26.8 Å². The lowest BCUT2D eigenvalue weighted by molar-refractivity contribution is 0.900. The van der Waals surface area contributed by atoms with Gasteiger partial charge in [-0.2, -0.15) is 0 Å². The summed E-state index contributed by atoms with van der Waals surface area (Å²) in [5.74, 6) is 0.697. The molecule has 0 saturated carbocycles. The van der Waals surface area contributed by atoms with Crippen molar-refractivity contribution in [1.29, 1.82) is 0 Å². The van der Waals surface area contributed by atoms with Gasteiger partial charge in [-0.1, -0.05) is 37.3 Å². The van der Waals surface area contributed by atoms with Crippen molar-refractivity contribution in [1.82, 2.24) is 5.32 Å². The van der Waals surface area contributed by atoms with Crippen LogP contribution in [0.15, 0.2) is 40.3 Å². The Balaban J connectivity index is 2.54. The third-order valence-electron chi connectivity index (χ3n) is 2.31. The zero-order chi connectivity index (χ0) is 11.8. The summed E-state index contributed by atoms with van der Waals surface area (Å²) in [6.07, 6.45) is 0.950. The molecule has 0 bridgehead atoms. The lowest BCUT2D eigenvalue weighted by Gasteiger charge is -2.06. The van der Waals surface area contributed by atoms with Gasteiger partial charge < -0.3 is 5.32 Å². The number of aliphatic imine (C=N–C) groups is 2. The van der Waals surface area contributed by atoms with Crippen molar-refractivity contribution < 1.29 is 0 Å². The molecule has 86 valence electrons. The molecule has 1 aromatic rings. The van der Waals surface area contributed by atoms with E-state index >= 15 is 0 Å². The molecular weight excluding hydrogens is 198 g/mol. The molecular formula is C13H19N3. The number of rotatable bonds is 3. The molecule has 3 heteroatoms. The summed E-state index contributed by atoms with van der Waals surface area (Å²) in [6.45, 7) is 4.85. The van der Waals surface area contributed by atoms with Crippen LogP contribution in [-0.2, 0) is 6.54 Å². The van der Waals surface area contributed by atoms with Crippen LogP contribution in [0.5, 0.6) is 0 Å². The Morgan fingerprint density at radius 2 is 1.94 bits per heavy atom. The Bertz CT molecular complexity index is 366. The van der Waals surface area contributed by atoms with Crippen LogP contribution in [-0.4, -0.2) is 18.7 Å². The first kappa shape index (κ1) is 12.4. The van der Waals surface area contributed by atoms with Gasteiger partial charge in [-0.15, -0.1) is 0 Å². The molecule has 3 nitrogen and oxygen atoms in total. The number of hydrogen-bond acceptors (Lipinski definition) is 1. The van der Waals surface area contributed by atoms with Crippen LogP contribution < -0.4 is 5.32 Å². The average Bonchev–Trinajstić information content (AvgIpc) is 2.35. The Labute approximate surface area is 97.3 Å². The second kappa shape index (κ2) is 6.77. The molecule has 0 heterocycles. The monoisotopic (exact) mass is 217 g/mol. The van der Waals surface area contributed by atoms with E-state index in [1.807, 2.05) is 25.1 Å². The normalized spacial score (nSPS) is 12.7. The number of nitrogens with one attached hydrogen (secondary N) is 1. The highest BCUT2D eigenvalue weighted by molar-refractivity contribution is 5.95. The van der Waals surface area contributed by atoms with Gasteiger partial charge in [-0.05, 0) is 18.9 Å². The molecule has 1 aromatic carbocycles. The van der Waals surface area contributed by atoms with E-state index in [1.165, 1.54) is 5.56 Å². The average molecular weight is 217 g/mol. The number of nitrogens with zero attached hydrogens (tertiary/aromatic N) is 2. The summed E-state index contributed by atoms with van der Waals surface area (Å²) < 4.78 is 0. The van der Waals surface area contributed by atoms with Gasteiger partial charge in [0.2, 0.25) is 5.96 Å². The highest BCUT2D eigenvalue weighted by Crippen LogP contribution is 1.97. The van der Waals surface area contributed by atoms with Crippen LogP contribution in [0, 0.1) is 0 Å². The minimum absolute atomic E-state index is 0.697. The fourth-order valence-electron chi connectivity index (χ4n) is 1.21. The molecule has 0 spiro atoms. The first-order chi connectivity index (χ1) is 7.76. The molecule has 0 aliphatic rings. The molecule has 0 atom stereocenters. The van der Waals surface area contributed by atoms with Gasteiger partial charge in [0, 0.05) is 19.3 Å². The van der Waals surface area contributed by atoms with E-state index < -0.39 is 0 Å². The van der Waals surface area contributed by atoms with E-state index in [0.29, 0.717) is 5.96 Å². The molecule has 0 radical (unpaired) electrons. The maximum absolute atomic E-state index is 4.38. The van der Waals surface area contributed by atoms with E-state index in [4.69, 9.17) is 0 Å². The summed E-state index contributed by atoms with van der Waals surface area (Å²) in [5.41, 5.74) is 2.31. The van der Waals surface area contributed by atoms with Crippen LogP contribution >= 0.6 is 0 Å². The molecule has 16 heavy (non-hydrogen) atoms. The quantitative estimate of drug-likeness (QED) is 0.613. The predicted octanol–water partition coefficient (Wildman–Crippen LogP) is 2.63. The van der Waals surface area contributed by atoms with Crippen LogP contribution in [0.25, 0.3) is 0 Å². The fraction of sp³-hybridized carbons (Fsp3) is 0.385. The van der Waals surface area contributed by atoms with Gasteiger partial charge in [0.25, 0.3) is 0 Å². The van der Waals surface area contributed by atoms with Gasteiger partial charge in [0.05, 0.1) is 0 Å². The maximum atomic E-state index is 4.38. The van der Waals surface area contributed by atoms with Crippen molar-refractivity contribution >= 4 is 11.7 Å². The molecule has 0 fully saturated rings. The highest BCUT2D eigenvalue weighted by Gasteiger charge is 1.96. The summed E-state index contributed by atoms with van der Waals surface area (Å²) in [7, 11) is 1.75. The van der Waals surface area contributed by atoms with Gasteiger partial charge in [0.1, 0.15) is 0 Å². The van der Waals surface area contributed by atoms with Gasteiger partial charge in [-0.3, -0.25) is 4.99 Å².